The molecule has 1 N–H and O–H groups in total. The van der Waals surface area contributed by atoms with E-state index in [0.717, 1.165) is 4.68 Å². The summed E-state index contributed by atoms with van der Waals surface area (Å²) in [5.41, 5.74) is -0.0560. The second-order valence-electron chi connectivity index (χ2n) is 5.40. The first-order valence-electron chi connectivity index (χ1n) is 7.95. The average molecular weight is 497 g/mol. The van der Waals surface area contributed by atoms with Gasteiger partial charge in [-0.15, -0.1) is 4.68 Å². The van der Waals surface area contributed by atoms with E-state index in [9.17, 15) is 9.59 Å². The quantitative estimate of drug-likeness (QED) is 0.548. The molecule has 0 bridgehead atoms. The lowest BCUT2D eigenvalue weighted by atomic mass is 10.2. The highest BCUT2D eigenvalue weighted by molar-refractivity contribution is 9.13. The molecular formula is C18H15Br2N3O4. The van der Waals surface area contributed by atoms with Crippen molar-refractivity contribution in [2.24, 2.45) is 5.10 Å². The number of benzene rings is 2. The number of aromatic amines is 1. The number of fused-ring (bicyclic) bond motifs is 1. The Morgan fingerprint density at radius 2 is 1.96 bits per heavy atom. The normalized spacial score (nSPS) is 11.3. The van der Waals surface area contributed by atoms with Gasteiger partial charge < -0.3 is 14.5 Å². The van der Waals surface area contributed by atoms with Gasteiger partial charge >= 0.3 is 5.69 Å². The standard InChI is InChI=1S/C18H15Br2N3O4/c1-3-27-13-8-10(14(19)15(20)16(13)26-2)9-21-23-17(24)11-6-4-5-7-12(11)22-18(23)25/h4-9H,3H2,1-2H3,(H,22,25). The summed E-state index contributed by atoms with van der Waals surface area (Å²) >= 11 is 6.91. The number of ether oxygens (including phenoxy) is 2. The second-order valence-corrected chi connectivity index (χ2v) is 6.98. The van der Waals surface area contributed by atoms with Gasteiger partial charge in [-0.1, -0.05) is 12.1 Å². The maximum Gasteiger partial charge on any atom is 0.349 e. The Balaban J connectivity index is 2.13. The minimum atomic E-state index is -0.622. The van der Waals surface area contributed by atoms with Crippen molar-refractivity contribution in [3.63, 3.8) is 0 Å². The van der Waals surface area contributed by atoms with E-state index in [1.54, 1.807) is 30.3 Å². The van der Waals surface area contributed by atoms with E-state index in [1.165, 1.54) is 13.3 Å². The molecule has 0 aliphatic heterocycles. The molecule has 0 fully saturated rings. The number of halogens is 2. The monoisotopic (exact) mass is 495 g/mol. The van der Waals surface area contributed by atoms with E-state index in [1.807, 2.05) is 6.92 Å². The fourth-order valence-corrected chi connectivity index (χ4v) is 3.51. The first-order chi connectivity index (χ1) is 13.0. The van der Waals surface area contributed by atoms with E-state index in [0.29, 0.717) is 43.5 Å². The average Bonchev–Trinajstić information content (AvgIpc) is 2.65. The molecule has 2 aromatic carbocycles. The van der Waals surface area contributed by atoms with Gasteiger partial charge in [0.1, 0.15) is 0 Å². The number of rotatable bonds is 5. The van der Waals surface area contributed by atoms with Crippen LogP contribution in [-0.2, 0) is 0 Å². The van der Waals surface area contributed by atoms with Crippen molar-refractivity contribution in [2.75, 3.05) is 13.7 Å². The summed E-state index contributed by atoms with van der Waals surface area (Å²) in [6.07, 6.45) is 1.40. The van der Waals surface area contributed by atoms with Crippen molar-refractivity contribution in [3.05, 3.63) is 65.7 Å². The van der Waals surface area contributed by atoms with Crippen LogP contribution in [0.4, 0.5) is 0 Å². The fourth-order valence-electron chi connectivity index (χ4n) is 2.53. The van der Waals surface area contributed by atoms with Gasteiger partial charge in [0, 0.05) is 10.0 Å². The van der Waals surface area contributed by atoms with Crippen LogP contribution in [0, 0.1) is 0 Å². The van der Waals surface area contributed by atoms with Gasteiger partial charge in [0.25, 0.3) is 5.56 Å². The number of hydrogen-bond acceptors (Lipinski definition) is 5. The molecule has 0 radical (unpaired) electrons. The number of aromatic nitrogens is 2. The van der Waals surface area contributed by atoms with Crippen LogP contribution in [0.25, 0.3) is 10.9 Å². The van der Waals surface area contributed by atoms with E-state index >= 15 is 0 Å². The number of methoxy groups -OCH3 is 1. The van der Waals surface area contributed by atoms with Gasteiger partial charge in [0.2, 0.25) is 0 Å². The van der Waals surface area contributed by atoms with Gasteiger partial charge in [0.05, 0.1) is 35.3 Å². The smallest absolute Gasteiger partial charge is 0.349 e. The van der Waals surface area contributed by atoms with Crippen molar-refractivity contribution in [1.82, 2.24) is 9.66 Å². The minimum absolute atomic E-state index is 0.374. The van der Waals surface area contributed by atoms with Crippen LogP contribution in [-0.4, -0.2) is 29.6 Å². The Morgan fingerprint density at radius 3 is 2.67 bits per heavy atom. The predicted octanol–water partition coefficient (Wildman–Crippen LogP) is 3.50. The fraction of sp³-hybridized carbons (Fsp3) is 0.167. The molecule has 0 saturated heterocycles. The summed E-state index contributed by atoms with van der Waals surface area (Å²) in [4.78, 5) is 27.4. The summed E-state index contributed by atoms with van der Waals surface area (Å²) in [5, 5.41) is 4.45. The molecular weight excluding hydrogens is 482 g/mol. The molecule has 140 valence electrons. The van der Waals surface area contributed by atoms with Crippen LogP contribution < -0.4 is 20.7 Å². The number of hydrogen-bond donors (Lipinski definition) is 1. The molecule has 0 aliphatic rings. The second kappa shape index (κ2) is 8.10. The topological polar surface area (TPSA) is 85.7 Å². The van der Waals surface area contributed by atoms with Crippen molar-refractivity contribution in [1.29, 1.82) is 0 Å². The lowest BCUT2D eigenvalue weighted by Crippen LogP contribution is -2.32. The molecule has 1 heterocycles. The van der Waals surface area contributed by atoms with Crippen LogP contribution in [0.2, 0.25) is 0 Å². The Kier molecular flexibility index (Phi) is 5.81. The largest absolute Gasteiger partial charge is 0.492 e. The summed E-state index contributed by atoms with van der Waals surface area (Å²) in [6, 6.07) is 8.47. The molecule has 3 aromatic rings. The minimum Gasteiger partial charge on any atom is -0.492 e. The molecule has 9 heteroatoms. The Labute approximate surface area is 170 Å². The Bertz CT molecular complexity index is 1150. The highest BCUT2D eigenvalue weighted by Crippen LogP contribution is 2.42. The van der Waals surface area contributed by atoms with E-state index < -0.39 is 11.2 Å². The van der Waals surface area contributed by atoms with Crippen LogP contribution in [0.1, 0.15) is 12.5 Å². The SMILES string of the molecule is CCOc1cc(C=Nn2c(=O)[nH]c3ccccc3c2=O)c(Br)c(Br)c1OC. The molecule has 0 aliphatic carbocycles. The van der Waals surface area contributed by atoms with E-state index in [2.05, 4.69) is 41.9 Å². The molecule has 27 heavy (non-hydrogen) atoms. The van der Waals surface area contributed by atoms with Crippen molar-refractivity contribution in [2.45, 2.75) is 6.92 Å². The maximum atomic E-state index is 12.6. The van der Waals surface area contributed by atoms with E-state index in [-0.39, 0.29) is 0 Å². The van der Waals surface area contributed by atoms with Crippen LogP contribution >= 0.6 is 31.9 Å². The molecule has 0 atom stereocenters. The zero-order valence-corrected chi connectivity index (χ0v) is 17.6. The third-order valence-electron chi connectivity index (χ3n) is 3.76. The van der Waals surface area contributed by atoms with Crippen molar-refractivity contribution in [3.8, 4) is 11.5 Å². The Hall–Kier alpha value is -2.39. The molecule has 0 amide bonds. The van der Waals surface area contributed by atoms with Crippen LogP contribution in [0.15, 0.2) is 54.0 Å². The number of H-pyrrole nitrogens is 1. The molecule has 7 nitrogen and oxygen atoms in total. The van der Waals surface area contributed by atoms with Gasteiger partial charge in [-0.3, -0.25) is 4.79 Å². The molecule has 0 saturated carbocycles. The lowest BCUT2D eigenvalue weighted by molar-refractivity contribution is 0.309. The number of para-hydroxylation sites is 1. The highest BCUT2D eigenvalue weighted by Gasteiger charge is 2.16. The number of nitrogens with one attached hydrogen (secondary N) is 1. The van der Waals surface area contributed by atoms with Crippen molar-refractivity contribution < 1.29 is 9.47 Å². The van der Waals surface area contributed by atoms with Gasteiger partial charge in [-0.2, -0.15) is 5.10 Å². The molecule has 0 spiro atoms. The first kappa shape index (κ1) is 19.4. The molecule has 1 aromatic heterocycles. The number of nitrogens with zero attached hydrogens (tertiary/aromatic N) is 2. The summed E-state index contributed by atoms with van der Waals surface area (Å²) < 4.78 is 13.0. The summed E-state index contributed by atoms with van der Waals surface area (Å²) in [6.45, 7) is 2.31. The van der Waals surface area contributed by atoms with Gasteiger partial charge in [0.15, 0.2) is 11.5 Å². The maximum absolute atomic E-state index is 12.6. The third kappa shape index (κ3) is 3.70. The molecule has 3 rings (SSSR count). The predicted molar refractivity (Wildman–Crippen MR) is 111 cm³/mol. The molecule has 0 unspecified atom stereocenters. The Morgan fingerprint density at radius 1 is 1.22 bits per heavy atom. The van der Waals surface area contributed by atoms with Crippen LogP contribution in [0.5, 0.6) is 11.5 Å². The lowest BCUT2D eigenvalue weighted by Gasteiger charge is -2.14. The first-order valence-corrected chi connectivity index (χ1v) is 9.53. The van der Waals surface area contributed by atoms with Gasteiger partial charge in [-0.05, 0) is 57.0 Å². The zero-order valence-electron chi connectivity index (χ0n) is 14.5. The van der Waals surface area contributed by atoms with E-state index in [4.69, 9.17) is 9.47 Å². The van der Waals surface area contributed by atoms with Crippen molar-refractivity contribution >= 4 is 49.0 Å². The summed E-state index contributed by atoms with van der Waals surface area (Å²) in [5.74, 6) is 1.04. The third-order valence-corrected chi connectivity index (χ3v) is 5.90. The van der Waals surface area contributed by atoms with Crippen LogP contribution in [0.3, 0.4) is 0 Å². The zero-order chi connectivity index (χ0) is 19.6. The van der Waals surface area contributed by atoms with Gasteiger partial charge in [-0.25, -0.2) is 4.79 Å². The highest BCUT2D eigenvalue weighted by atomic mass is 79.9. The summed E-state index contributed by atoms with van der Waals surface area (Å²) in [7, 11) is 1.54.